The molecule has 0 spiro atoms. The fourth-order valence-corrected chi connectivity index (χ4v) is 2.73. The van der Waals surface area contributed by atoms with Crippen molar-refractivity contribution in [2.24, 2.45) is 0 Å². The van der Waals surface area contributed by atoms with E-state index in [4.69, 9.17) is 0 Å². The van der Waals surface area contributed by atoms with Crippen LogP contribution in [-0.2, 0) is 17.4 Å². The van der Waals surface area contributed by atoms with Crippen LogP contribution in [0.1, 0.15) is 29.7 Å². The molecule has 4 N–H and O–H groups in total. The van der Waals surface area contributed by atoms with Crippen LogP contribution >= 0.6 is 0 Å². The maximum Gasteiger partial charge on any atom is 0.416 e. The zero-order chi connectivity index (χ0) is 20.6. The summed E-state index contributed by atoms with van der Waals surface area (Å²) < 4.78 is 37.9. The van der Waals surface area contributed by atoms with Gasteiger partial charge in [-0.2, -0.15) is 13.2 Å². The van der Waals surface area contributed by atoms with Gasteiger partial charge in [-0.05, 0) is 24.6 Å². The van der Waals surface area contributed by atoms with Gasteiger partial charge in [-0.15, -0.1) is 0 Å². The number of quaternary nitrogens is 1. The number of nitrogens with one attached hydrogen (secondary N) is 2. The molecule has 0 fully saturated rings. The minimum Gasteiger partial charge on any atom is -0.338 e. The lowest BCUT2D eigenvalue weighted by Crippen LogP contribution is -2.88. The lowest BCUT2D eigenvalue weighted by atomic mass is 10.0. The topological polar surface area (TPSA) is 74.8 Å². The van der Waals surface area contributed by atoms with Crippen molar-refractivity contribution < 1.29 is 28.1 Å². The minimum atomic E-state index is -4.36. The van der Waals surface area contributed by atoms with Crippen molar-refractivity contribution in [1.29, 1.82) is 0 Å². The maximum absolute atomic E-state index is 12.6. The Bertz CT molecular complexity index is 778. The van der Waals surface area contributed by atoms with Crippen LogP contribution in [0.4, 0.5) is 18.0 Å². The summed E-state index contributed by atoms with van der Waals surface area (Å²) in [5.41, 5.74) is 0.778. The van der Waals surface area contributed by atoms with Gasteiger partial charge in [0.15, 0.2) is 6.04 Å². The van der Waals surface area contributed by atoms with Crippen LogP contribution in [0, 0.1) is 0 Å². The second-order valence-electron chi connectivity index (χ2n) is 6.21. The molecule has 2 rings (SSSR count). The van der Waals surface area contributed by atoms with Crippen molar-refractivity contribution in [3.63, 3.8) is 0 Å². The number of hydrogen-bond acceptors (Lipinski definition) is 2. The van der Waals surface area contributed by atoms with Gasteiger partial charge >= 0.3 is 12.2 Å². The van der Waals surface area contributed by atoms with Gasteiger partial charge in [-0.25, -0.2) is 4.79 Å². The van der Waals surface area contributed by atoms with Crippen LogP contribution in [-0.4, -0.2) is 25.0 Å². The first-order valence-electron chi connectivity index (χ1n) is 8.94. The number of carbonyl (C=O) groups excluding carboxylic acids is 2. The Hall–Kier alpha value is -2.87. The standard InChI is InChI=1S/C20H22F3N3O2/c1-2-24-19(28)26-18(27)17(15-6-4-3-5-7-15)25-13-12-14-8-10-16(11-9-14)20(21,22)23/h3-11,17,25H,2,12-13H2,1H3,(H2,24,26,27,28)/p+1/t17-/m1/s1. The van der Waals surface area contributed by atoms with Gasteiger partial charge in [0.2, 0.25) is 0 Å². The Morgan fingerprint density at radius 2 is 1.68 bits per heavy atom. The fraction of sp³-hybridized carbons (Fsp3) is 0.300. The van der Waals surface area contributed by atoms with Gasteiger partial charge in [0.1, 0.15) is 0 Å². The first kappa shape index (κ1) is 21.4. The van der Waals surface area contributed by atoms with E-state index in [9.17, 15) is 22.8 Å². The molecule has 8 heteroatoms. The molecule has 1 atom stereocenters. The van der Waals surface area contributed by atoms with Gasteiger partial charge in [0, 0.05) is 18.5 Å². The summed E-state index contributed by atoms with van der Waals surface area (Å²) in [4.78, 5) is 24.1. The molecule has 0 unspecified atom stereocenters. The van der Waals surface area contributed by atoms with Crippen LogP contribution in [0.25, 0.3) is 0 Å². The molecule has 0 heterocycles. The molecule has 0 aromatic heterocycles. The van der Waals surface area contributed by atoms with Gasteiger partial charge in [0.25, 0.3) is 5.91 Å². The average molecular weight is 394 g/mol. The highest BCUT2D eigenvalue weighted by atomic mass is 19.4. The molecule has 2 aromatic rings. The lowest BCUT2D eigenvalue weighted by molar-refractivity contribution is -0.682. The molecule has 0 radical (unpaired) electrons. The molecule has 0 aliphatic heterocycles. The number of halogens is 3. The highest BCUT2D eigenvalue weighted by Crippen LogP contribution is 2.29. The van der Waals surface area contributed by atoms with Gasteiger partial charge in [-0.1, -0.05) is 42.5 Å². The van der Waals surface area contributed by atoms with Crippen LogP contribution in [0.5, 0.6) is 0 Å². The summed E-state index contributed by atoms with van der Waals surface area (Å²) in [5, 5.41) is 6.58. The predicted octanol–water partition coefficient (Wildman–Crippen LogP) is 2.40. The summed E-state index contributed by atoms with van der Waals surface area (Å²) in [6, 6.07) is 12.8. The number of nitrogens with two attached hydrogens (primary N) is 1. The normalized spacial score (nSPS) is 12.3. The van der Waals surface area contributed by atoms with E-state index in [2.05, 4.69) is 10.6 Å². The zero-order valence-electron chi connectivity index (χ0n) is 15.4. The molecular weight excluding hydrogens is 371 g/mol. The van der Waals surface area contributed by atoms with E-state index in [-0.39, 0.29) is 0 Å². The van der Waals surface area contributed by atoms with Gasteiger partial charge < -0.3 is 10.6 Å². The smallest absolute Gasteiger partial charge is 0.338 e. The Morgan fingerprint density at radius 1 is 1.04 bits per heavy atom. The second kappa shape index (κ2) is 9.89. The van der Waals surface area contributed by atoms with Crippen LogP contribution in [0.15, 0.2) is 54.6 Å². The zero-order valence-corrected chi connectivity index (χ0v) is 15.4. The lowest BCUT2D eigenvalue weighted by Gasteiger charge is -2.16. The first-order valence-corrected chi connectivity index (χ1v) is 8.94. The van der Waals surface area contributed by atoms with Crippen LogP contribution in [0.2, 0.25) is 0 Å². The third kappa shape index (κ3) is 6.38. The van der Waals surface area contributed by atoms with Crippen LogP contribution in [0.3, 0.4) is 0 Å². The number of amides is 3. The van der Waals surface area contributed by atoms with Gasteiger partial charge in [0.05, 0.1) is 12.1 Å². The van der Waals surface area contributed by atoms with E-state index in [1.807, 2.05) is 6.07 Å². The van der Waals surface area contributed by atoms with E-state index < -0.39 is 29.7 Å². The number of benzene rings is 2. The molecule has 5 nitrogen and oxygen atoms in total. The average Bonchev–Trinajstić information content (AvgIpc) is 2.65. The molecule has 0 saturated carbocycles. The van der Waals surface area contributed by atoms with E-state index in [1.54, 1.807) is 36.5 Å². The summed E-state index contributed by atoms with van der Waals surface area (Å²) in [6.07, 6.45) is -3.88. The molecule has 28 heavy (non-hydrogen) atoms. The Kier molecular flexibility index (Phi) is 7.57. The summed E-state index contributed by atoms with van der Waals surface area (Å²) >= 11 is 0. The van der Waals surface area contributed by atoms with Crippen molar-refractivity contribution in [1.82, 2.24) is 10.6 Å². The fourth-order valence-electron chi connectivity index (χ4n) is 2.73. The number of alkyl halides is 3. The van der Waals surface area contributed by atoms with Crippen LogP contribution < -0.4 is 16.0 Å². The Balaban J connectivity index is 2.00. The molecule has 0 aliphatic rings. The van der Waals surface area contributed by atoms with Crippen molar-refractivity contribution in [2.45, 2.75) is 25.6 Å². The second-order valence-corrected chi connectivity index (χ2v) is 6.21. The van der Waals surface area contributed by atoms with Crippen molar-refractivity contribution in [2.75, 3.05) is 13.1 Å². The number of urea groups is 1. The Morgan fingerprint density at radius 3 is 2.25 bits per heavy atom. The molecule has 0 bridgehead atoms. The molecule has 2 aromatic carbocycles. The molecule has 3 amide bonds. The largest absolute Gasteiger partial charge is 0.416 e. The van der Waals surface area contributed by atoms with Crippen molar-refractivity contribution in [3.8, 4) is 0 Å². The van der Waals surface area contributed by atoms with E-state index in [0.717, 1.165) is 23.3 Å². The molecule has 0 aliphatic carbocycles. The SMILES string of the molecule is CCNC(=O)NC(=O)[C@H]([NH2+]CCc1ccc(C(F)(F)F)cc1)c1ccccc1. The van der Waals surface area contributed by atoms with E-state index >= 15 is 0 Å². The number of hydrogen-bond donors (Lipinski definition) is 3. The molecule has 150 valence electrons. The third-order valence-electron chi connectivity index (χ3n) is 4.13. The summed E-state index contributed by atoms with van der Waals surface area (Å²) in [5.74, 6) is -0.454. The van der Waals surface area contributed by atoms with Crippen molar-refractivity contribution >= 4 is 11.9 Å². The highest BCUT2D eigenvalue weighted by molar-refractivity contribution is 5.96. The number of imide groups is 1. The van der Waals surface area contributed by atoms with Gasteiger partial charge in [-0.3, -0.25) is 10.1 Å². The minimum absolute atomic E-state index is 0.396. The van der Waals surface area contributed by atoms with E-state index in [0.29, 0.717) is 19.5 Å². The van der Waals surface area contributed by atoms with E-state index in [1.165, 1.54) is 12.1 Å². The Labute approximate surface area is 161 Å². The first-order chi connectivity index (χ1) is 13.3. The third-order valence-corrected chi connectivity index (χ3v) is 4.13. The number of rotatable bonds is 7. The predicted molar refractivity (Wildman–Crippen MR) is 98.3 cm³/mol. The maximum atomic E-state index is 12.6. The molecular formula is C20H23F3N3O2+. The van der Waals surface area contributed by atoms with Crippen molar-refractivity contribution in [3.05, 3.63) is 71.3 Å². The highest BCUT2D eigenvalue weighted by Gasteiger charge is 2.30. The number of carbonyl (C=O) groups is 2. The monoisotopic (exact) mass is 394 g/mol. The summed E-state index contributed by atoms with van der Waals surface area (Å²) in [6.45, 7) is 2.61. The molecule has 0 saturated heterocycles. The quantitative estimate of drug-likeness (QED) is 0.675. The summed E-state index contributed by atoms with van der Waals surface area (Å²) in [7, 11) is 0.